The monoisotopic (exact) mass is 304 g/mol. The average molecular weight is 305 g/mol. The molecule has 1 saturated heterocycles. The predicted octanol–water partition coefficient (Wildman–Crippen LogP) is 1.73. The summed E-state index contributed by atoms with van der Waals surface area (Å²) in [5.74, 6) is 0.0802. The molecule has 2 N–H and O–H groups in total. The van der Waals surface area contributed by atoms with Crippen LogP contribution in [0.15, 0.2) is 0 Å². The van der Waals surface area contributed by atoms with Gasteiger partial charge in [-0.15, -0.1) is 22.9 Å². The molecule has 0 aliphatic carbocycles. The Hall–Kier alpha value is -0.980. The van der Waals surface area contributed by atoms with Crippen molar-refractivity contribution in [1.29, 1.82) is 0 Å². The maximum Gasteiger partial charge on any atom is 0.350 e. The van der Waals surface area contributed by atoms with Crippen molar-refractivity contribution in [3.63, 3.8) is 0 Å². The van der Waals surface area contributed by atoms with Gasteiger partial charge in [-0.1, -0.05) is 0 Å². The summed E-state index contributed by atoms with van der Waals surface area (Å²) in [6.07, 6.45) is 0.646. The van der Waals surface area contributed by atoms with E-state index in [2.05, 4.69) is 4.90 Å². The van der Waals surface area contributed by atoms with Crippen molar-refractivity contribution in [3.05, 3.63) is 10.4 Å². The number of methoxy groups -OCH3 is 1. The van der Waals surface area contributed by atoms with Gasteiger partial charge < -0.3 is 20.1 Å². The number of hydrogen-bond acceptors (Lipinski definition) is 6. The average Bonchev–Trinajstić information content (AvgIpc) is 2.77. The molecule has 0 unspecified atom stereocenters. The summed E-state index contributed by atoms with van der Waals surface area (Å²) in [5, 5.41) is 1.02. The molecule has 0 saturated carbocycles. The van der Waals surface area contributed by atoms with Crippen LogP contribution < -0.4 is 10.6 Å². The van der Waals surface area contributed by atoms with Crippen molar-refractivity contribution < 1.29 is 14.3 Å². The lowest BCUT2D eigenvalue weighted by atomic mass is 10.1. The Kier molecular flexibility index (Phi) is 4.90. The van der Waals surface area contributed by atoms with Gasteiger partial charge in [0.05, 0.1) is 31.0 Å². The topological polar surface area (TPSA) is 64.8 Å². The van der Waals surface area contributed by atoms with Crippen LogP contribution in [0.5, 0.6) is 0 Å². The summed E-state index contributed by atoms with van der Waals surface area (Å²) in [5.41, 5.74) is 7.51. The molecule has 1 aliphatic heterocycles. The lowest BCUT2D eigenvalue weighted by Gasteiger charge is -2.28. The minimum Gasteiger partial charge on any atom is -0.465 e. The first-order chi connectivity index (χ1) is 9.19. The van der Waals surface area contributed by atoms with Gasteiger partial charge in [-0.2, -0.15) is 0 Å². The zero-order chi connectivity index (χ0) is 13.8. The number of carbonyl (C=O) groups excluding carboxylic acids is 1. The van der Waals surface area contributed by atoms with Gasteiger partial charge in [0.15, 0.2) is 0 Å². The summed E-state index contributed by atoms with van der Waals surface area (Å²) in [4.78, 5) is 14.4. The highest BCUT2D eigenvalue weighted by atomic mass is 35.5. The third-order valence-electron chi connectivity index (χ3n) is 3.04. The van der Waals surface area contributed by atoms with Crippen molar-refractivity contribution in [1.82, 2.24) is 0 Å². The van der Waals surface area contributed by atoms with Crippen LogP contribution in [0.4, 0.5) is 10.7 Å². The quantitative estimate of drug-likeness (QED) is 0.678. The zero-order valence-corrected chi connectivity index (χ0v) is 12.4. The molecule has 0 aromatic carbocycles. The predicted molar refractivity (Wildman–Crippen MR) is 77.5 cm³/mol. The van der Waals surface area contributed by atoms with Crippen LogP contribution >= 0.6 is 22.9 Å². The Bertz CT molecular complexity index is 458. The van der Waals surface area contributed by atoms with Crippen molar-refractivity contribution in [2.24, 2.45) is 0 Å². The van der Waals surface area contributed by atoms with E-state index in [0.717, 1.165) is 23.7 Å². The molecule has 0 spiro atoms. The number of thiophene rings is 1. The van der Waals surface area contributed by atoms with Crippen molar-refractivity contribution in [3.8, 4) is 0 Å². The number of halogens is 1. The Labute approximate surface area is 121 Å². The van der Waals surface area contributed by atoms with Gasteiger partial charge in [0.1, 0.15) is 4.88 Å². The van der Waals surface area contributed by atoms with Crippen molar-refractivity contribution in [2.45, 2.75) is 6.42 Å². The van der Waals surface area contributed by atoms with Crippen LogP contribution in [0.3, 0.4) is 0 Å². The summed E-state index contributed by atoms with van der Waals surface area (Å²) in [7, 11) is 1.36. The first kappa shape index (κ1) is 14.4. The number of nitrogens with zero attached hydrogens (tertiary/aromatic N) is 1. The van der Waals surface area contributed by atoms with E-state index >= 15 is 0 Å². The van der Waals surface area contributed by atoms with Gasteiger partial charge in [-0.3, -0.25) is 0 Å². The van der Waals surface area contributed by atoms with Crippen LogP contribution in [0.1, 0.15) is 15.2 Å². The molecule has 0 atom stereocenters. The van der Waals surface area contributed by atoms with Crippen molar-refractivity contribution >= 4 is 39.6 Å². The van der Waals surface area contributed by atoms with Gasteiger partial charge in [0.25, 0.3) is 0 Å². The Balaban J connectivity index is 2.37. The summed E-state index contributed by atoms with van der Waals surface area (Å²) >= 11 is 7.21. The van der Waals surface area contributed by atoms with E-state index in [4.69, 9.17) is 26.8 Å². The van der Waals surface area contributed by atoms with Gasteiger partial charge in [-0.25, -0.2) is 4.79 Å². The fraction of sp³-hybridized carbons (Fsp3) is 0.583. The van der Waals surface area contributed by atoms with E-state index in [0.29, 0.717) is 36.1 Å². The maximum atomic E-state index is 11.7. The summed E-state index contributed by atoms with van der Waals surface area (Å²) in [6.45, 7) is 2.98. The van der Waals surface area contributed by atoms with Crippen LogP contribution in [0, 0.1) is 0 Å². The molecule has 1 aromatic rings. The molecule has 1 aromatic heterocycles. The number of ether oxygens (including phenoxy) is 2. The molecular weight excluding hydrogens is 288 g/mol. The molecule has 19 heavy (non-hydrogen) atoms. The second kappa shape index (κ2) is 6.45. The highest BCUT2D eigenvalue weighted by molar-refractivity contribution is 7.18. The van der Waals surface area contributed by atoms with Crippen LogP contribution in [0.25, 0.3) is 0 Å². The molecule has 106 valence electrons. The minimum absolute atomic E-state index is 0.391. The first-order valence-corrected chi connectivity index (χ1v) is 7.42. The Morgan fingerprint density at radius 1 is 1.53 bits per heavy atom. The maximum absolute atomic E-state index is 11.7. The number of nitrogens with two attached hydrogens (primary N) is 1. The Morgan fingerprint density at radius 2 is 2.21 bits per heavy atom. The van der Waals surface area contributed by atoms with Crippen LogP contribution in [-0.4, -0.2) is 45.3 Å². The molecule has 5 nitrogen and oxygen atoms in total. The molecule has 0 amide bonds. The molecule has 2 heterocycles. The summed E-state index contributed by atoms with van der Waals surface area (Å²) < 4.78 is 10.1. The molecular formula is C12H17ClN2O3S. The summed E-state index contributed by atoms with van der Waals surface area (Å²) in [6, 6.07) is 0. The molecule has 7 heteroatoms. The minimum atomic E-state index is -0.391. The molecule has 0 radical (unpaired) electrons. The second-order valence-electron chi connectivity index (χ2n) is 4.16. The Morgan fingerprint density at radius 3 is 2.79 bits per heavy atom. The number of hydrogen-bond donors (Lipinski definition) is 1. The number of esters is 1. The van der Waals surface area contributed by atoms with E-state index in [9.17, 15) is 4.79 Å². The number of morpholine rings is 1. The lowest BCUT2D eigenvalue weighted by molar-refractivity contribution is 0.0607. The van der Waals surface area contributed by atoms with E-state index < -0.39 is 5.97 Å². The number of anilines is 2. The van der Waals surface area contributed by atoms with Gasteiger partial charge in [-0.05, 0) is 6.42 Å². The SMILES string of the molecule is COC(=O)c1sc(N2CCOCC2)c(CCCl)c1N. The number of alkyl halides is 1. The number of rotatable bonds is 4. The highest BCUT2D eigenvalue weighted by Gasteiger charge is 2.25. The van der Waals surface area contributed by atoms with E-state index in [1.807, 2.05) is 0 Å². The first-order valence-electron chi connectivity index (χ1n) is 6.07. The second-order valence-corrected chi connectivity index (χ2v) is 5.54. The van der Waals surface area contributed by atoms with Crippen LogP contribution in [-0.2, 0) is 15.9 Å². The third-order valence-corrected chi connectivity index (χ3v) is 4.52. The van der Waals surface area contributed by atoms with Gasteiger partial charge in [0, 0.05) is 24.5 Å². The zero-order valence-electron chi connectivity index (χ0n) is 10.8. The third kappa shape index (κ3) is 2.96. The van der Waals surface area contributed by atoms with Crippen LogP contribution in [0.2, 0.25) is 0 Å². The van der Waals surface area contributed by atoms with E-state index in [1.165, 1.54) is 18.4 Å². The lowest BCUT2D eigenvalue weighted by Crippen LogP contribution is -2.36. The molecule has 2 rings (SSSR count). The smallest absolute Gasteiger partial charge is 0.350 e. The largest absolute Gasteiger partial charge is 0.465 e. The van der Waals surface area contributed by atoms with Crippen molar-refractivity contribution in [2.75, 3.05) is 49.9 Å². The van der Waals surface area contributed by atoms with E-state index in [1.54, 1.807) is 0 Å². The standard InChI is InChI=1S/C12H17ClN2O3S/c1-17-12(16)10-9(14)8(2-3-13)11(19-10)15-4-6-18-7-5-15/h2-7,14H2,1H3. The van der Waals surface area contributed by atoms with Gasteiger partial charge in [0.2, 0.25) is 0 Å². The highest BCUT2D eigenvalue weighted by Crippen LogP contribution is 2.39. The normalized spacial score (nSPS) is 15.6. The molecule has 0 bridgehead atoms. The fourth-order valence-corrected chi connectivity index (χ4v) is 3.50. The van der Waals surface area contributed by atoms with E-state index in [-0.39, 0.29) is 0 Å². The number of carbonyl (C=O) groups is 1. The molecule has 1 aliphatic rings. The van der Waals surface area contributed by atoms with Gasteiger partial charge >= 0.3 is 5.97 Å². The number of nitrogen functional groups attached to an aromatic ring is 1. The fourth-order valence-electron chi connectivity index (χ4n) is 2.07. The molecule has 1 fully saturated rings.